The SMILES string of the molecule is COC(=O)C1=C(Nc2ccc(C(=O)NC(C)c3ccccc3)cc2)C(=O)N(CCO)C1. The lowest BCUT2D eigenvalue weighted by Crippen LogP contribution is -2.31. The number of benzene rings is 2. The lowest BCUT2D eigenvalue weighted by Gasteiger charge is -2.15. The van der Waals surface area contributed by atoms with Gasteiger partial charge in [0.05, 0.1) is 31.9 Å². The van der Waals surface area contributed by atoms with Gasteiger partial charge in [-0.05, 0) is 36.8 Å². The maximum atomic E-state index is 12.6. The maximum Gasteiger partial charge on any atom is 0.337 e. The molecule has 31 heavy (non-hydrogen) atoms. The van der Waals surface area contributed by atoms with Crippen LogP contribution in [0.25, 0.3) is 0 Å². The second-order valence-corrected chi connectivity index (χ2v) is 7.10. The van der Waals surface area contributed by atoms with E-state index in [4.69, 9.17) is 9.84 Å². The molecule has 2 aromatic rings. The first-order valence-corrected chi connectivity index (χ1v) is 9.89. The molecule has 1 aliphatic rings. The first kappa shape index (κ1) is 22.0. The summed E-state index contributed by atoms with van der Waals surface area (Å²) in [5.74, 6) is -1.22. The topological polar surface area (TPSA) is 108 Å². The van der Waals surface area contributed by atoms with Crippen molar-refractivity contribution in [2.45, 2.75) is 13.0 Å². The molecule has 1 aliphatic heterocycles. The van der Waals surface area contributed by atoms with E-state index in [-0.39, 0.29) is 42.9 Å². The average Bonchev–Trinajstić information content (AvgIpc) is 3.09. The highest BCUT2D eigenvalue weighted by Crippen LogP contribution is 2.23. The van der Waals surface area contributed by atoms with E-state index in [1.807, 2.05) is 37.3 Å². The Balaban J connectivity index is 1.71. The third-order valence-electron chi connectivity index (χ3n) is 5.02. The molecule has 3 rings (SSSR count). The van der Waals surface area contributed by atoms with Crippen LogP contribution in [-0.2, 0) is 14.3 Å². The Morgan fingerprint density at radius 1 is 1.13 bits per heavy atom. The quantitative estimate of drug-likeness (QED) is 0.560. The highest BCUT2D eigenvalue weighted by atomic mass is 16.5. The van der Waals surface area contributed by atoms with E-state index in [1.54, 1.807) is 24.3 Å². The van der Waals surface area contributed by atoms with Crippen LogP contribution in [-0.4, -0.2) is 54.6 Å². The van der Waals surface area contributed by atoms with Gasteiger partial charge in [0.1, 0.15) is 5.70 Å². The minimum absolute atomic E-state index is 0.0618. The van der Waals surface area contributed by atoms with Crippen LogP contribution in [0.15, 0.2) is 65.9 Å². The zero-order chi connectivity index (χ0) is 22.4. The molecule has 162 valence electrons. The Morgan fingerprint density at radius 3 is 2.42 bits per heavy atom. The third-order valence-corrected chi connectivity index (χ3v) is 5.02. The normalized spacial score (nSPS) is 14.4. The monoisotopic (exact) mass is 423 g/mol. The van der Waals surface area contributed by atoms with Gasteiger partial charge in [-0.25, -0.2) is 4.79 Å². The van der Waals surface area contributed by atoms with Crippen molar-refractivity contribution in [3.8, 4) is 0 Å². The van der Waals surface area contributed by atoms with E-state index in [2.05, 4.69) is 10.6 Å². The lowest BCUT2D eigenvalue weighted by atomic mass is 10.1. The number of methoxy groups -OCH3 is 1. The Labute approximate surface area is 180 Å². The minimum Gasteiger partial charge on any atom is -0.466 e. The van der Waals surface area contributed by atoms with Gasteiger partial charge in [-0.15, -0.1) is 0 Å². The summed E-state index contributed by atoms with van der Waals surface area (Å²) in [6, 6.07) is 16.1. The number of nitrogens with one attached hydrogen (secondary N) is 2. The van der Waals surface area contributed by atoms with Crippen molar-refractivity contribution in [3.63, 3.8) is 0 Å². The molecule has 1 heterocycles. The Morgan fingerprint density at radius 2 is 1.81 bits per heavy atom. The zero-order valence-electron chi connectivity index (χ0n) is 17.4. The van der Waals surface area contributed by atoms with E-state index in [9.17, 15) is 14.4 Å². The second kappa shape index (κ2) is 9.90. The van der Waals surface area contributed by atoms with Crippen LogP contribution in [0, 0.1) is 0 Å². The molecule has 0 fully saturated rings. The predicted molar refractivity (Wildman–Crippen MR) is 115 cm³/mol. The molecule has 8 heteroatoms. The Bertz CT molecular complexity index is 986. The van der Waals surface area contributed by atoms with Crippen LogP contribution in [0.5, 0.6) is 0 Å². The van der Waals surface area contributed by atoms with Crippen LogP contribution in [0.2, 0.25) is 0 Å². The number of hydrogen-bond donors (Lipinski definition) is 3. The largest absolute Gasteiger partial charge is 0.466 e. The Hall–Kier alpha value is -3.65. The number of ether oxygens (including phenoxy) is 1. The number of rotatable bonds is 8. The van der Waals surface area contributed by atoms with E-state index in [0.717, 1.165) is 5.56 Å². The predicted octanol–water partition coefficient (Wildman–Crippen LogP) is 1.85. The van der Waals surface area contributed by atoms with Crippen LogP contribution in [0.3, 0.4) is 0 Å². The highest BCUT2D eigenvalue weighted by Gasteiger charge is 2.34. The average molecular weight is 423 g/mol. The number of aliphatic hydroxyl groups excluding tert-OH is 1. The number of hydrogen-bond acceptors (Lipinski definition) is 6. The fraction of sp³-hybridized carbons (Fsp3) is 0.261. The summed E-state index contributed by atoms with van der Waals surface area (Å²) in [6.45, 7) is 1.88. The molecule has 1 atom stereocenters. The van der Waals surface area contributed by atoms with E-state index in [0.29, 0.717) is 11.3 Å². The molecular weight excluding hydrogens is 398 g/mol. The summed E-state index contributed by atoms with van der Waals surface area (Å²) in [6.07, 6.45) is 0. The summed E-state index contributed by atoms with van der Waals surface area (Å²) in [4.78, 5) is 38.6. The fourth-order valence-corrected chi connectivity index (χ4v) is 3.30. The molecule has 1 unspecified atom stereocenters. The number of anilines is 1. The number of nitrogens with zero attached hydrogens (tertiary/aromatic N) is 1. The van der Waals surface area contributed by atoms with Gasteiger partial charge in [-0.3, -0.25) is 9.59 Å². The van der Waals surface area contributed by atoms with Crippen LogP contribution >= 0.6 is 0 Å². The van der Waals surface area contributed by atoms with Crippen molar-refractivity contribution in [1.82, 2.24) is 10.2 Å². The molecule has 0 saturated heterocycles. The molecule has 2 aromatic carbocycles. The van der Waals surface area contributed by atoms with Gasteiger partial charge in [0.15, 0.2) is 0 Å². The van der Waals surface area contributed by atoms with Crippen molar-refractivity contribution in [2.75, 3.05) is 32.1 Å². The molecule has 2 amide bonds. The number of β-amino-alcohol motifs (C(OH)–C–C–N with tert-alkyl or cyclic N) is 1. The number of esters is 1. The molecule has 3 N–H and O–H groups in total. The maximum absolute atomic E-state index is 12.6. The van der Waals surface area contributed by atoms with Gasteiger partial charge in [0.2, 0.25) is 0 Å². The lowest BCUT2D eigenvalue weighted by molar-refractivity contribution is -0.136. The molecular formula is C23H25N3O5. The summed E-state index contributed by atoms with van der Waals surface area (Å²) in [5.41, 5.74) is 2.32. The molecule has 0 aromatic heterocycles. The number of aliphatic hydroxyl groups is 1. The number of carbonyl (C=O) groups is 3. The third kappa shape index (κ3) is 5.10. The van der Waals surface area contributed by atoms with Crippen molar-refractivity contribution < 1.29 is 24.2 Å². The first-order chi connectivity index (χ1) is 14.9. The summed E-state index contributed by atoms with van der Waals surface area (Å²) in [7, 11) is 1.25. The van der Waals surface area contributed by atoms with Crippen LogP contribution < -0.4 is 10.6 Å². The van der Waals surface area contributed by atoms with Gasteiger partial charge >= 0.3 is 5.97 Å². The van der Waals surface area contributed by atoms with Crippen molar-refractivity contribution in [1.29, 1.82) is 0 Å². The summed E-state index contributed by atoms with van der Waals surface area (Å²) in [5, 5.41) is 15.0. The molecule has 8 nitrogen and oxygen atoms in total. The van der Waals surface area contributed by atoms with Gasteiger partial charge < -0.3 is 25.4 Å². The van der Waals surface area contributed by atoms with Gasteiger partial charge in [0, 0.05) is 17.8 Å². The van der Waals surface area contributed by atoms with Gasteiger partial charge in [-0.2, -0.15) is 0 Å². The molecule has 0 radical (unpaired) electrons. The van der Waals surface area contributed by atoms with Crippen molar-refractivity contribution in [3.05, 3.63) is 77.0 Å². The summed E-state index contributed by atoms with van der Waals surface area (Å²) >= 11 is 0. The molecule has 0 aliphatic carbocycles. The molecule has 0 bridgehead atoms. The first-order valence-electron chi connectivity index (χ1n) is 9.89. The zero-order valence-corrected chi connectivity index (χ0v) is 17.4. The highest BCUT2D eigenvalue weighted by molar-refractivity contribution is 6.08. The number of carbonyl (C=O) groups excluding carboxylic acids is 3. The summed E-state index contributed by atoms with van der Waals surface area (Å²) < 4.78 is 4.77. The van der Waals surface area contributed by atoms with E-state index >= 15 is 0 Å². The van der Waals surface area contributed by atoms with Gasteiger partial charge in [0.25, 0.3) is 11.8 Å². The van der Waals surface area contributed by atoms with Gasteiger partial charge in [-0.1, -0.05) is 30.3 Å². The minimum atomic E-state index is -0.609. The van der Waals surface area contributed by atoms with Crippen LogP contribution in [0.1, 0.15) is 28.9 Å². The van der Waals surface area contributed by atoms with E-state index in [1.165, 1.54) is 12.0 Å². The smallest absolute Gasteiger partial charge is 0.337 e. The number of amides is 2. The molecule has 0 saturated carbocycles. The van der Waals surface area contributed by atoms with Crippen molar-refractivity contribution >= 4 is 23.5 Å². The standard InChI is InChI=1S/C23H25N3O5/c1-15(16-6-4-3-5-7-16)24-21(28)17-8-10-18(11-9-17)25-20-19(23(30)31-2)14-26(12-13-27)22(20)29/h3-11,15,25,27H,12-14H2,1-2H3,(H,24,28). The van der Waals surface area contributed by atoms with Crippen molar-refractivity contribution in [2.24, 2.45) is 0 Å². The Kier molecular flexibility index (Phi) is 7.04. The fourth-order valence-electron chi connectivity index (χ4n) is 3.30. The van der Waals surface area contributed by atoms with E-state index < -0.39 is 11.9 Å². The van der Waals surface area contributed by atoms with Crippen LogP contribution in [0.4, 0.5) is 5.69 Å². The second-order valence-electron chi connectivity index (χ2n) is 7.10. The molecule has 0 spiro atoms.